The van der Waals surface area contributed by atoms with Gasteiger partial charge in [0.1, 0.15) is 5.69 Å². The number of aliphatic hydroxyl groups is 1. The minimum Gasteiger partial charge on any atom is -0.391 e. The molecule has 1 fully saturated rings. The van der Waals surface area contributed by atoms with Crippen molar-refractivity contribution < 1.29 is 9.90 Å². The van der Waals surface area contributed by atoms with E-state index in [0.717, 1.165) is 35.6 Å². The zero-order valence-corrected chi connectivity index (χ0v) is 11.0. The summed E-state index contributed by atoms with van der Waals surface area (Å²) in [5.41, 5.74) is 0.505. The number of nitrogens with one attached hydrogen (secondary N) is 1. The van der Waals surface area contributed by atoms with Gasteiger partial charge in [-0.15, -0.1) is 11.3 Å². The first-order valence-electron chi connectivity index (χ1n) is 6.01. The highest BCUT2D eigenvalue weighted by Gasteiger charge is 2.26. The number of carbonyl (C=O) groups excluding carboxylic acids is 1. The SMILES string of the molecule is Cc1nc(C(=O)NC2CCCCC2O)c(C)s1. The van der Waals surface area contributed by atoms with Gasteiger partial charge < -0.3 is 10.4 Å². The van der Waals surface area contributed by atoms with E-state index in [4.69, 9.17) is 0 Å². The third-order valence-corrected chi connectivity index (χ3v) is 4.05. The molecule has 1 aromatic heterocycles. The van der Waals surface area contributed by atoms with Crippen LogP contribution in [0.4, 0.5) is 0 Å². The molecule has 0 radical (unpaired) electrons. The third-order valence-electron chi connectivity index (χ3n) is 3.16. The maximum Gasteiger partial charge on any atom is 0.271 e. The van der Waals surface area contributed by atoms with Gasteiger partial charge in [0.25, 0.3) is 5.91 Å². The van der Waals surface area contributed by atoms with Crippen molar-refractivity contribution in [3.8, 4) is 0 Å². The highest BCUT2D eigenvalue weighted by Crippen LogP contribution is 2.20. The smallest absolute Gasteiger partial charge is 0.271 e. The first-order valence-corrected chi connectivity index (χ1v) is 6.82. The van der Waals surface area contributed by atoms with E-state index < -0.39 is 6.10 Å². The first kappa shape index (κ1) is 12.5. The fraction of sp³-hybridized carbons (Fsp3) is 0.667. The molecule has 1 saturated carbocycles. The van der Waals surface area contributed by atoms with Crippen LogP contribution in [-0.2, 0) is 0 Å². The maximum atomic E-state index is 12.0. The van der Waals surface area contributed by atoms with Gasteiger partial charge in [0.15, 0.2) is 0 Å². The van der Waals surface area contributed by atoms with E-state index in [1.807, 2.05) is 13.8 Å². The Labute approximate surface area is 105 Å². The number of rotatable bonds is 2. The van der Waals surface area contributed by atoms with Crippen molar-refractivity contribution in [3.05, 3.63) is 15.6 Å². The number of aliphatic hydroxyl groups excluding tert-OH is 1. The van der Waals surface area contributed by atoms with Crippen LogP contribution in [0.25, 0.3) is 0 Å². The Bertz CT molecular complexity index is 417. The Morgan fingerprint density at radius 3 is 2.71 bits per heavy atom. The van der Waals surface area contributed by atoms with Crippen molar-refractivity contribution in [1.82, 2.24) is 10.3 Å². The summed E-state index contributed by atoms with van der Waals surface area (Å²) in [5.74, 6) is -0.155. The van der Waals surface area contributed by atoms with Crippen LogP contribution in [0.3, 0.4) is 0 Å². The van der Waals surface area contributed by atoms with Gasteiger partial charge in [-0.05, 0) is 26.7 Å². The van der Waals surface area contributed by atoms with Gasteiger partial charge >= 0.3 is 0 Å². The van der Waals surface area contributed by atoms with Crippen LogP contribution < -0.4 is 5.32 Å². The molecule has 0 bridgehead atoms. The molecule has 2 unspecified atom stereocenters. The molecule has 1 amide bonds. The molecule has 2 N–H and O–H groups in total. The van der Waals surface area contributed by atoms with E-state index in [2.05, 4.69) is 10.3 Å². The average Bonchev–Trinajstić information content (AvgIpc) is 2.61. The van der Waals surface area contributed by atoms with Crippen molar-refractivity contribution in [2.75, 3.05) is 0 Å². The third kappa shape index (κ3) is 2.84. The maximum absolute atomic E-state index is 12.0. The van der Waals surface area contributed by atoms with Crippen LogP contribution in [0, 0.1) is 13.8 Å². The molecule has 17 heavy (non-hydrogen) atoms. The molecular formula is C12H18N2O2S. The molecule has 5 heteroatoms. The number of hydrogen-bond donors (Lipinski definition) is 2. The van der Waals surface area contributed by atoms with Crippen molar-refractivity contribution in [1.29, 1.82) is 0 Å². The summed E-state index contributed by atoms with van der Waals surface area (Å²) in [6, 6.07) is -0.113. The number of aromatic nitrogens is 1. The lowest BCUT2D eigenvalue weighted by molar-refractivity contribution is 0.0713. The summed E-state index contributed by atoms with van der Waals surface area (Å²) in [5, 5.41) is 13.6. The average molecular weight is 254 g/mol. The van der Waals surface area contributed by atoms with Gasteiger partial charge in [-0.1, -0.05) is 12.8 Å². The molecule has 2 rings (SSSR count). The molecule has 4 nitrogen and oxygen atoms in total. The molecule has 2 atom stereocenters. The van der Waals surface area contributed by atoms with Crippen LogP contribution in [-0.4, -0.2) is 28.1 Å². The molecule has 94 valence electrons. The van der Waals surface area contributed by atoms with Gasteiger partial charge in [-0.3, -0.25) is 4.79 Å². The summed E-state index contributed by atoms with van der Waals surface area (Å²) < 4.78 is 0. The zero-order valence-electron chi connectivity index (χ0n) is 10.2. The summed E-state index contributed by atoms with van der Waals surface area (Å²) in [6.45, 7) is 3.79. The number of nitrogens with zero attached hydrogens (tertiary/aromatic N) is 1. The topological polar surface area (TPSA) is 62.2 Å². The molecule has 0 aromatic carbocycles. The Balaban J connectivity index is 2.03. The van der Waals surface area contributed by atoms with E-state index >= 15 is 0 Å². The van der Waals surface area contributed by atoms with Gasteiger partial charge in [0, 0.05) is 4.88 Å². The zero-order chi connectivity index (χ0) is 12.4. The second-order valence-corrected chi connectivity index (χ2v) is 5.98. The highest BCUT2D eigenvalue weighted by molar-refractivity contribution is 7.11. The van der Waals surface area contributed by atoms with Gasteiger partial charge in [0.2, 0.25) is 0 Å². The van der Waals surface area contributed by atoms with E-state index in [1.54, 1.807) is 0 Å². The van der Waals surface area contributed by atoms with Crippen LogP contribution in [0.1, 0.15) is 46.1 Å². The van der Waals surface area contributed by atoms with Gasteiger partial charge in [-0.2, -0.15) is 0 Å². The predicted molar refractivity (Wildman–Crippen MR) is 67.3 cm³/mol. The van der Waals surface area contributed by atoms with Crippen LogP contribution in [0.15, 0.2) is 0 Å². The normalized spacial score (nSPS) is 24.6. The molecule has 1 aromatic rings. The van der Waals surface area contributed by atoms with Crippen molar-refractivity contribution >= 4 is 17.2 Å². The fourth-order valence-corrected chi connectivity index (χ4v) is 3.07. The molecule has 0 spiro atoms. The Morgan fingerprint density at radius 1 is 1.41 bits per heavy atom. The number of hydrogen-bond acceptors (Lipinski definition) is 4. The van der Waals surface area contributed by atoms with E-state index in [0.29, 0.717) is 5.69 Å². The lowest BCUT2D eigenvalue weighted by Crippen LogP contribution is -2.45. The number of amides is 1. The molecule has 1 heterocycles. The molecule has 0 saturated heterocycles. The summed E-state index contributed by atoms with van der Waals surface area (Å²) >= 11 is 1.53. The molecule has 1 aliphatic carbocycles. The van der Waals surface area contributed by atoms with E-state index in [-0.39, 0.29) is 11.9 Å². The van der Waals surface area contributed by atoms with Crippen molar-refractivity contribution in [3.63, 3.8) is 0 Å². The van der Waals surface area contributed by atoms with Crippen LogP contribution in [0.5, 0.6) is 0 Å². The first-order chi connectivity index (χ1) is 8.08. The van der Waals surface area contributed by atoms with Crippen LogP contribution in [0.2, 0.25) is 0 Å². The highest BCUT2D eigenvalue weighted by atomic mass is 32.1. The molecule has 1 aliphatic rings. The van der Waals surface area contributed by atoms with Crippen LogP contribution >= 0.6 is 11.3 Å². The Morgan fingerprint density at radius 2 is 2.12 bits per heavy atom. The van der Waals surface area contributed by atoms with Crippen molar-refractivity contribution in [2.24, 2.45) is 0 Å². The second-order valence-electron chi connectivity index (χ2n) is 4.57. The summed E-state index contributed by atoms with van der Waals surface area (Å²) in [6.07, 6.45) is 3.34. The second kappa shape index (κ2) is 5.14. The number of thiazole rings is 1. The molecular weight excluding hydrogens is 236 g/mol. The largest absolute Gasteiger partial charge is 0.391 e. The van der Waals surface area contributed by atoms with E-state index in [9.17, 15) is 9.90 Å². The number of aryl methyl sites for hydroxylation is 2. The minimum absolute atomic E-state index is 0.113. The predicted octanol–water partition coefficient (Wildman–Crippen LogP) is 1.79. The Kier molecular flexibility index (Phi) is 3.79. The lowest BCUT2D eigenvalue weighted by Gasteiger charge is -2.28. The van der Waals surface area contributed by atoms with Crippen molar-refractivity contribution in [2.45, 2.75) is 51.7 Å². The standard InChI is InChI=1S/C12H18N2O2S/c1-7-11(13-8(2)17-7)12(16)14-9-5-3-4-6-10(9)15/h9-10,15H,3-6H2,1-2H3,(H,14,16). The van der Waals surface area contributed by atoms with Gasteiger partial charge in [-0.25, -0.2) is 4.98 Å². The monoisotopic (exact) mass is 254 g/mol. The summed E-state index contributed by atoms with van der Waals surface area (Å²) in [4.78, 5) is 17.2. The quantitative estimate of drug-likeness (QED) is 0.846. The van der Waals surface area contributed by atoms with Gasteiger partial charge in [0.05, 0.1) is 17.2 Å². The van der Waals surface area contributed by atoms with E-state index in [1.165, 1.54) is 11.3 Å². The number of carbonyl (C=O) groups is 1. The Hall–Kier alpha value is -0.940. The fourth-order valence-electron chi connectivity index (χ4n) is 2.26. The molecule has 0 aliphatic heterocycles. The summed E-state index contributed by atoms with van der Waals surface area (Å²) in [7, 11) is 0. The minimum atomic E-state index is -0.410. The lowest BCUT2D eigenvalue weighted by atomic mass is 9.92.